The van der Waals surface area contributed by atoms with Gasteiger partial charge in [0, 0.05) is 37.9 Å². The van der Waals surface area contributed by atoms with Gasteiger partial charge in [0.1, 0.15) is 0 Å². The van der Waals surface area contributed by atoms with Crippen LogP contribution in [0.25, 0.3) is 5.69 Å². The minimum atomic E-state index is -0.956. The summed E-state index contributed by atoms with van der Waals surface area (Å²) in [6, 6.07) is 11.0. The van der Waals surface area contributed by atoms with Gasteiger partial charge in [0.05, 0.1) is 12.2 Å². The van der Waals surface area contributed by atoms with Gasteiger partial charge < -0.3 is 10.2 Å². The standard InChI is InChI=1S/C20H21F2N7O/c1-14-2-4-15(5-3-14)23-20(30)28-10-8-27(9-11-28)13-19-24-25-26-29(19)16-6-7-17(21)18(22)12-16/h2-7,12H,8-11,13H2,1H3,(H,23,30). The minimum Gasteiger partial charge on any atom is -0.322 e. The summed E-state index contributed by atoms with van der Waals surface area (Å²) in [5, 5.41) is 14.5. The molecule has 1 aliphatic heterocycles. The highest BCUT2D eigenvalue weighted by Gasteiger charge is 2.23. The number of hydrogen-bond acceptors (Lipinski definition) is 5. The number of rotatable bonds is 4. The zero-order valence-corrected chi connectivity index (χ0v) is 16.4. The van der Waals surface area contributed by atoms with Gasteiger partial charge in [0.25, 0.3) is 0 Å². The van der Waals surface area contributed by atoms with Crippen molar-refractivity contribution in [2.45, 2.75) is 13.5 Å². The number of nitrogens with one attached hydrogen (secondary N) is 1. The number of piperazine rings is 1. The molecule has 0 unspecified atom stereocenters. The third kappa shape index (κ3) is 4.43. The second kappa shape index (κ2) is 8.54. The predicted octanol–water partition coefficient (Wildman–Crippen LogP) is 2.60. The Balaban J connectivity index is 1.34. The number of nitrogens with zero attached hydrogens (tertiary/aromatic N) is 6. The highest BCUT2D eigenvalue weighted by atomic mass is 19.2. The van der Waals surface area contributed by atoms with Crippen molar-refractivity contribution in [3.63, 3.8) is 0 Å². The van der Waals surface area contributed by atoms with Crippen LogP contribution >= 0.6 is 0 Å². The monoisotopic (exact) mass is 413 g/mol. The van der Waals surface area contributed by atoms with E-state index in [1.807, 2.05) is 31.2 Å². The molecule has 8 nitrogen and oxygen atoms in total. The maximum atomic E-state index is 13.5. The fraction of sp³-hybridized carbons (Fsp3) is 0.300. The van der Waals surface area contributed by atoms with Crippen molar-refractivity contribution in [1.82, 2.24) is 30.0 Å². The molecule has 156 valence electrons. The summed E-state index contributed by atoms with van der Waals surface area (Å²) in [5.74, 6) is -1.37. The highest BCUT2D eigenvalue weighted by Crippen LogP contribution is 2.15. The summed E-state index contributed by atoms with van der Waals surface area (Å²) in [6.45, 7) is 4.83. The van der Waals surface area contributed by atoms with E-state index >= 15 is 0 Å². The van der Waals surface area contributed by atoms with Crippen molar-refractivity contribution in [1.29, 1.82) is 0 Å². The summed E-state index contributed by atoms with van der Waals surface area (Å²) >= 11 is 0. The van der Waals surface area contributed by atoms with Crippen LogP contribution in [0.1, 0.15) is 11.4 Å². The van der Waals surface area contributed by atoms with Crippen LogP contribution in [0.4, 0.5) is 19.3 Å². The quantitative estimate of drug-likeness (QED) is 0.711. The molecular weight excluding hydrogens is 392 g/mol. The lowest BCUT2D eigenvalue weighted by Crippen LogP contribution is -2.49. The number of carbonyl (C=O) groups excluding carboxylic acids is 1. The Bertz CT molecular complexity index is 1030. The lowest BCUT2D eigenvalue weighted by Gasteiger charge is -2.34. The first-order valence-electron chi connectivity index (χ1n) is 9.57. The SMILES string of the molecule is Cc1ccc(NC(=O)N2CCN(Cc3nnnn3-c3ccc(F)c(F)c3)CC2)cc1. The van der Waals surface area contributed by atoms with E-state index in [2.05, 4.69) is 25.7 Å². The van der Waals surface area contributed by atoms with Crippen molar-refractivity contribution in [3.8, 4) is 5.69 Å². The second-order valence-electron chi connectivity index (χ2n) is 7.16. The zero-order chi connectivity index (χ0) is 21.1. The molecule has 0 aliphatic carbocycles. The number of amides is 2. The lowest BCUT2D eigenvalue weighted by atomic mass is 10.2. The molecule has 1 aromatic heterocycles. The molecule has 3 aromatic rings. The third-order valence-corrected chi connectivity index (χ3v) is 5.01. The normalized spacial score (nSPS) is 14.7. The molecule has 1 N–H and O–H groups in total. The van der Waals surface area contributed by atoms with Crippen LogP contribution in [0, 0.1) is 18.6 Å². The molecule has 1 saturated heterocycles. The van der Waals surface area contributed by atoms with Crippen LogP contribution in [0.3, 0.4) is 0 Å². The predicted molar refractivity (Wildman–Crippen MR) is 106 cm³/mol. The van der Waals surface area contributed by atoms with Gasteiger partial charge in [0.15, 0.2) is 17.5 Å². The molecule has 0 saturated carbocycles. The van der Waals surface area contributed by atoms with Gasteiger partial charge in [-0.15, -0.1) is 5.10 Å². The van der Waals surface area contributed by atoms with E-state index in [1.165, 1.54) is 10.7 Å². The van der Waals surface area contributed by atoms with Crippen molar-refractivity contribution < 1.29 is 13.6 Å². The smallest absolute Gasteiger partial charge is 0.321 e. The van der Waals surface area contributed by atoms with E-state index in [-0.39, 0.29) is 6.03 Å². The Kier molecular flexibility index (Phi) is 5.66. The average Bonchev–Trinajstić information content (AvgIpc) is 3.20. The topological polar surface area (TPSA) is 79.2 Å². The number of carbonyl (C=O) groups is 1. The van der Waals surface area contributed by atoms with Gasteiger partial charge in [-0.3, -0.25) is 4.90 Å². The van der Waals surface area contributed by atoms with E-state index in [0.29, 0.717) is 44.2 Å². The second-order valence-corrected chi connectivity index (χ2v) is 7.16. The number of aromatic nitrogens is 4. The average molecular weight is 413 g/mol. The maximum Gasteiger partial charge on any atom is 0.321 e. The summed E-state index contributed by atoms with van der Waals surface area (Å²) in [7, 11) is 0. The van der Waals surface area contributed by atoms with Crippen LogP contribution in [0.2, 0.25) is 0 Å². The van der Waals surface area contributed by atoms with E-state index in [9.17, 15) is 13.6 Å². The highest BCUT2D eigenvalue weighted by molar-refractivity contribution is 5.89. The molecule has 1 fully saturated rings. The van der Waals surface area contributed by atoms with Gasteiger partial charge >= 0.3 is 6.03 Å². The van der Waals surface area contributed by atoms with Gasteiger partial charge in [-0.05, 0) is 41.6 Å². The number of benzene rings is 2. The summed E-state index contributed by atoms with van der Waals surface area (Å²) in [6.07, 6.45) is 0. The Labute approximate surface area is 172 Å². The number of hydrogen-bond donors (Lipinski definition) is 1. The van der Waals surface area contributed by atoms with E-state index in [4.69, 9.17) is 0 Å². The number of tetrazole rings is 1. The molecule has 4 rings (SSSR count). The largest absolute Gasteiger partial charge is 0.322 e. The van der Waals surface area contributed by atoms with Crippen LogP contribution in [-0.4, -0.2) is 62.2 Å². The van der Waals surface area contributed by atoms with Crippen LogP contribution < -0.4 is 5.32 Å². The first-order valence-corrected chi connectivity index (χ1v) is 9.57. The van der Waals surface area contributed by atoms with Crippen LogP contribution in [0.15, 0.2) is 42.5 Å². The van der Waals surface area contributed by atoms with Gasteiger partial charge in [0.2, 0.25) is 0 Å². The first kappa shape index (κ1) is 19.9. The molecule has 2 heterocycles. The maximum absolute atomic E-state index is 13.5. The Hall–Kier alpha value is -3.40. The summed E-state index contributed by atoms with van der Waals surface area (Å²) in [5.41, 5.74) is 2.25. The number of halogens is 2. The lowest BCUT2D eigenvalue weighted by molar-refractivity contribution is 0.140. The molecular formula is C20H21F2N7O. The van der Waals surface area contributed by atoms with E-state index in [1.54, 1.807) is 4.90 Å². The Morgan fingerprint density at radius 3 is 2.47 bits per heavy atom. The number of aryl methyl sites for hydroxylation is 1. The van der Waals surface area contributed by atoms with Crippen LogP contribution in [0.5, 0.6) is 0 Å². The Morgan fingerprint density at radius 2 is 1.77 bits per heavy atom. The molecule has 2 aromatic carbocycles. The van der Waals surface area contributed by atoms with Gasteiger partial charge in [-0.1, -0.05) is 17.7 Å². The van der Waals surface area contributed by atoms with Gasteiger partial charge in [-0.25, -0.2) is 13.6 Å². The number of anilines is 1. The van der Waals surface area contributed by atoms with Crippen molar-refractivity contribution in [3.05, 3.63) is 65.5 Å². The van der Waals surface area contributed by atoms with Crippen molar-refractivity contribution in [2.75, 3.05) is 31.5 Å². The van der Waals surface area contributed by atoms with E-state index in [0.717, 1.165) is 23.4 Å². The molecule has 0 bridgehead atoms. The molecule has 0 atom stereocenters. The molecule has 1 aliphatic rings. The zero-order valence-electron chi connectivity index (χ0n) is 16.4. The molecule has 30 heavy (non-hydrogen) atoms. The fourth-order valence-electron chi connectivity index (χ4n) is 3.27. The van der Waals surface area contributed by atoms with Crippen molar-refractivity contribution in [2.24, 2.45) is 0 Å². The minimum absolute atomic E-state index is 0.134. The third-order valence-electron chi connectivity index (χ3n) is 5.01. The van der Waals surface area contributed by atoms with E-state index < -0.39 is 11.6 Å². The molecule has 0 spiro atoms. The van der Waals surface area contributed by atoms with Crippen LogP contribution in [-0.2, 0) is 6.54 Å². The fourth-order valence-corrected chi connectivity index (χ4v) is 3.27. The van der Waals surface area contributed by atoms with Gasteiger partial charge in [-0.2, -0.15) is 4.68 Å². The molecule has 0 radical (unpaired) electrons. The summed E-state index contributed by atoms with van der Waals surface area (Å²) in [4.78, 5) is 16.3. The first-order chi connectivity index (χ1) is 14.5. The molecule has 10 heteroatoms. The number of urea groups is 1. The summed E-state index contributed by atoms with van der Waals surface area (Å²) < 4.78 is 28.1. The Morgan fingerprint density at radius 1 is 1.03 bits per heavy atom. The van der Waals surface area contributed by atoms with Crippen molar-refractivity contribution >= 4 is 11.7 Å². The molecule has 2 amide bonds.